The Hall–Kier alpha value is -3.33. The van der Waals surface area contributed by atoms with E-state index in [0.717, 1.165) is 0 Å². The van der Waals surface area contributed by atoms with Crippen LogP contribution >= 0.6 is 35.0 Å². The number of nitrogens with zero attached hydrogens (tertiary/aromatic N) is 3. The Labute approximate surface area is 202 Å². The van der Waals surface area contributed by atoms with Crippen molar-refractivity contribution in [2.75, 3.05) is 6.61 Å². The highest BCUT2D eigenvalue weighted by Gasteiger charge is 2.36. The van der Waals surface area contributed by atoms with E-state index in [4.69, 9.17) is 37.8 Å². The minimum atomic E-state index is -0.539. The molecule has 3 aromatic rings. The molecule has 3 heterocycles. The van der Waals surface area contributed by atoms with Crippen LogP contribution in [-0.4, -0.2) is 33.6 Å². The fourth-order valence-corrected chi connectivity index (χ4v) is 4.50. The lowest BCUT2D eigenvalue weighted by molar-refractivity contribution is -0.114. The average Bonchev–Trinajstić information content (AvgIpc) is 3.42. The van der Waals surface area contributed by atoms with E-state index in [0.29, 0.717) is 43.1 Å². The number of amides is 1. The number of para-hydroxylation sites is 1. The molecule has 0 saturated heterocycles. The van der Waals surface area contributed by atoms with E-state index in [1.54, 1.807) is 30.3 Å². The standard InChI is InChI=1S/C23H14Cl2N4O3S/c24-14-8-13(9-15(25)10-14)19-7-6-17(32-19)11-18-21(26)29-23(27-22(18)30)33-20(28-29)12-31-16-4-2-1-3-5-16/h1-11,26H,12H2/b18-11-,26-21?. The number of hydrazone groups is 1. The fourth-order valence-electron chi connectivity index (χ4n) is 3.18. The number of aliphatic imine (C=N–C) groups is 1. The summed E-state index contributed by atoms with van der Waals surface area (Å²) in [6.07, 6.45) is 1.47. The second-order valence-electron chi connectivity index (χ2n) is 6.98. The van der Waals surface area contributed by atoms with Gasteiger partial charge in [-0.25, -0.2) is 0 Å². The normalized spacial score (nSPS) is 16.7. The molecule has 10 heteroatoms. The number of furan rings is 1. The van der Waals surface area contributed by atoms with Gasteiger partial charge in [-0.15, -0.1) is 0 Å². The molecule has 2 aliphatic rings. The highest BCUT2D eigenvalue weighted by atomic mass is 35.5. The summed E-state index contributed by atoms with van der Waals surface area (Å²) < 4.78 is 11.5. The van der Waals surface area contributed by atoms with Crippen LogP contribution in [0.4, 0.5) is 0 Å². The zero-order valence-electron chi connectivity index (χ0n) is 16.8. The maximum atomic E-state index is 12.6. The number of amidine groups is 2. The van der Waals surface area contributed by atoms with Crippen LogP contribution in [0.5, 0.6) is 5.75 Å². The van der Waals surface area contributed by atoms with Crippen LogP contribution < -0.4 is 4.74 Å². The number of nitrogens with one attached hydrogen (secondary N) is 1. The average molecular weight is 497 g/mol. The third-order valence-electron chi connectivity index (χ3n) is 4.66. The Morgan fingerprint density at radius 3 is 2.61 bits per heavy atom. The molecule has 0 unspecified atom stereocenters. The van der Waals surface area contributed by atoms with E-state index in [-0.39, 0.29) is 18.0 Å². The lowest BCUT2D eigenvalue weighted by atomic mass is 10.1. The molecule has 33 heavy (non-hydrogen) atoms. The van der Waals surface area contributed by atoms with Gasteiger partial charge < -0.3 is 9.15 Å². The SMILES string of the molecule is N=C1/C(=C/c2ccc(-c3cc(Cl)cc(Cl)c3)o2)C(=O)N=C2SC(COc3ccccc3)=NN12. The van der Waals surface area contributed by atoms with Gasteiger partial charge in [0.2, 0.25) is 5.17 Å². The third-order valence-corrected chi connectivity index (χ3v) is 5.98. The Morgan fingerprint density at radius 1 is 1.09 bits per heavy atom. The molecule has 0 aliphatic carbocycles. The van der Waals surface area contributed by atoms with Crippen molar-refractivity contribution in [3.8, 4) is 17.1 Å². The second-order valence-corrected chi connectivity index (χ2v) is 8.89. The predicted octanol–water partition coefficient (Wildman–Crippen LogP) is 5.95. The van der Waals surface area contributed by atoms with Crippen LogP contribution in [0.25, 0.3) is 17.4 Å². The Bertz CT molecular complexity index is 1340. The van der Waals surface area contributed by atoms with Crippen molar-refractivity contribution in [2.45, 2.75) is 0 Å². The number of hydrogen-bond acceptors (Lipinski definition) is 6. The Balaban J connectivity index is 1.35. The van der Waals surface area contributed by atoms with Gasteiger partial charge in [-0.05, 0) is 60.3 Å². The quantitative estimate of drug-likeness (QED) is 0.440. The second kappa shape index (κ2) is 8.90. The van der Waals surface area contributed by atoms with Gasteiger partial charge in [-0.1, -0.05) is 41.4 Å². The molecule has 5 rings (SSSR count). The lowest BCUT2D eigenvalue weighted by Crippen LogP contribution is -2.35. The number of fused-ring (bicyclic) bond motifs is 1. The first-order valence-electron chi connectivity index (χ1n) is 9.69. The Kier molecular flexibility index (Phi) is 5.80. The zero-order valence-corrected chi connectivity index (χ0v) is 19.1. The third kappa shape index (κ3) is 4.59. The first kappa shape index (κ1) is 21.5. The molecule has 1 aromatic heterocycles. The summed E-state index contributed by atoms with van der Waals surface area (Å²) in [6, 6.07) is 17.8. The largest absolute Gasteiger partial charge is 0.487 e. The molecule has 1 amide bonds. The summed E-state index contributed by atoms with van der Waals surface area (Å²) in [6.45, 7) is 0.203. The van der Waals surface area contributed by atoms with Gasteiger partial charge in [0.1, 0.15) is 28.9 Å². The van der Waals surface area contributed by atoms with Gasteiger partial charge in [0.15, 0.2) is 5.84 Å². The maximum absolute atomic E-state index is 12.6. The Morgan fingerprint density at radius 2 is 1.85 bits per heavy atom. The predicted molar refractivity (Wildman–Crippen MR) is 131 cm³/mol. The van der Waals surface area contributed by atoms with E-state index in [1.165, 1.54) is 22.8 Å². The fraction of sp³-hybridized carbons (Fsp3) is 0.0435. The number of thioether (sulfide) groups is 1. The summed E-state index contributed by atoms with van der Waals surface area (Å²) in [4.78, 5) is 16.7. The monoisotopic (exact) mass is 496 g/mol. The number of hydrogen-bond donors (Lipinski definition) is 1. The number of carbonyl (C=O) groups excluding carboxylic acids is 1. The van der Waals surface area contributed by atoms with Crippen LogP contribution in [-0.2, 0) is 4.79 Å². The molecule has 0 atom stereocenters. The number of benzene rings is 2. The minimum Gasteiger partial charge on any atom is -0.487 e. The molecule has 7 nitrogen and oxygen atoms in total. The highest BCUT2D eigenvalue weighted by molar-refractivity contribution is 8.27. The van der Waals surface area contributed by atoms with E-state index in [1.807, 2.05) is 30.3 Å². The number of carbonyl (C=O) groups is 1. The van der Waals surface area contributed by atoms with Gasteiger partial charge in [-0.3, -0.25) is 10.2 Å². The summed E-state index contributed by atoms with van der Waals surface area (Å²) in [7, 11) is 0. The van der Waals surface area contributed by atoms with Crippen molar-refractivity contribution in [2.24, 2.45) is 10.1 Å². The smallest absolute Gasteiger partial charge is 0.283 e. The van der Waals surface area contributed by atoms with E-state index >= 15 is 0 Å². The van der Waals surface area contributed by atoms with Gasteiger partial charge in [-0.2, -0.15) is 15.1 Å². The molecule has 0 bridgehead atoms. The van der Waals surface area contributed by atoms with Gasteiger partial charge in [0.05, 0.1) is 5.57 Å². The number of halogens is 2. The summed E-state index contributed by atoms with van der Waals surface area (Å²) >= 11 is 13.3. The first-order chi connectivity index (χ1) is 16.0. The maximum Gasteiger partial charge on any atom is 0.283 e. The summed E-state index contributed by atoms with van der Waals surface area (Å²) in [5.41, 5.74) is 0.768. The van der Waals surface area contributed by atoms with E-state index < -0.39 is 5.91 Å². The van der Waals surface area contributed by atoms with Gasteiger partial charge in [0.25, 0.3) is 5.91 Å². The van der Waals surface area contributed by atoms with E-state index in [9.17, 15) is 4.79 Å². The van der Waals surface area contributed by atoms with Crippen LogP contribution in [0.15, 0.2) is 80.7 Å². The molecule has 164 valence electrons. The molecular weight excluding hydrogens is 483 g/mol. The molecule has 2 aliphatic heterocycles. The first-order valence-corrected chi connectivity index (χ1v) is 11.3. The topological polar surface area (TPSA) is 91.2 Å². The lowest BCUT2D eigenvalue weighted by Gasteiger charge is -2.19. The molecule has 0 saturated carbocycles. The molecule has 2 aromatic carbocycles. The van der Waals surface area contributed by atoms with Crippen molar-refractivity contribution in [3.63, 3.8) is 0 Å². The molecular formula is C23H14Cl2N4O3S. The molecule has 0 fully saturated rings. The van der Waals surface area contributed by atoms with E-state index in [2.05, 4.69) is 10.1 Å². The molecule has 0 spiro atoms. The van der Waals surface area contributed by atoms with Gasteiger partial charge >= 0.3 is 0 Å². The summed E-state index contributed by atoms with van der Waals surface area (Å²) in [5, 5.41) is 16.1. The number of rotatable bonds is 5. The molecule has 0 radical (unpaired) electrons. The van der Waals surface area contributed by atoms with Crippen LogP contribution in [0.3, 0.4) is 0 Å². The van der Waals surface area contributed by atoms with Crippen molar-refractivity contribution < 1.29 is 13.9 Å². The zero-order chi connectivity index (χ0) is 22.9. The van der Waals surface area contributed by atoms with Crippen LogP contribution in [0.2, 0.25) is 10.0 Å². The number of ether oxygens (including phenoxy) is 1. The van der Waals surface area contributed by atoms with Crippen molar-refractivity contribution in [3.05, 3.63) is 82.0 Å². The molecule has 1 N–H and O–H groups in total. The van der Waals surface area contributed by atoms with Crippen molar-refractivity contribution in [1.29, 1.82) is 5.41 Å². The minimum absolute atomic E-state index is 0.0679. The van der Waals surface area contributed by atoms with Crippen molar-refractivity contribution in [1.82, 2.24) is 5.01 Å². The highest BCUT2D eigenvalue weighted by Crippen LogP contribution is 2.31. The van der Waals surface area contributed by atoms with Crippen molar-refractivity contribution >= 4 is 63.0 Å². The van der Waals surface area contributed by atoms with Crippen LogP contribution in [0, 0.1) is 5.41 Å². The van der Waals surface area contributed by atoms with Gasteiger partial charge in [0, 0.05) is 15.6 Å². The van der Waals surface area contributed by atoms with Crippen LogP contribution in [0.1, 0.15) is 5.76 Å². The summed E-state index contributed by atoms with van der Waals surface area (Å²) in [5.74, 6) is 0.990.